The van der Waals surface area contributed by atoms with E-state index < -0.39 is 12.2 Å². The molecule has 0 aliphatic carbocycles. The number of halogens is 4. The molecule has 0 unspecified atom stereocenters. The van der Waals surface area contributed by atoms with Gasteiger partial charge in [0.2, 0.25) is 5.88 Å². The minimum absolute atomic E-state index is 0.326. The molecule has 0 aliphatic rings. The molecule has 0 atom stereocenters. The second-order valence-electron chi connectivity index (χ2n) is 1.84. The van der Waals surface area contributed by atoms with E-state index in [9.17, 15) is 13.2 Å². The van der Waals surface area contributed by atoms with Gasteiger partial charge in [0, 0.05) is 6.20 Å². The second kappa shape index (κ2) is 3.46. The number of nitrogens with zero attached hydrogens (tertiary/aromatic N) is 1. The molecule has 1 aromatic rings. The van der Waals surface area contributed by atoms with Crippen molar-refractivity contribution >= 4 is 22.6 Å². The molecule has 66 valence electrons. The lowest BCUT2D eigenvalue weighted by atomic mass is 10.5. The van der Waals surface area contributed by atoms with Gasteiger partial charge in [0.05, 0.1) is 3.57 Å². The van der Waals surface area contributed by atoms with Crippen molar-refractivity contribution in [3.63, 3.8) is 0 Å². The number of hydrogen-bond donors (Lipinski definition) is 0. The van der Waals surface area contributed by atoms with Crippen LogP contribution in [0.5, 0.6) is 5.88 Å². The molecule has 6 heteroatoms. The van der Waals surface area contributed by atoms with Crippen molar-refractivity contribution in [2.75, 3.05) is 0 Å². The molecule has 0 bridgehead atoms. The molecule has 1 aromatic heterocycles. The molecule has 1 rings (SSSR count). The van der Waals surface area contributed by atoms with Crippen molar-refractivity contribution in [2.45, 2.75) is 6.36 Å². The van der Waals surface area contributed by atoms with E-state index in [-0.39, 0.29) is 0 Å². The summed E-state index contributed by atoms with van der Waals surface area (Å²) in [5.74, 6) is -0.411. The minimum Gasteiger partial charge on any atom is -0.387 e. The normalized spacial score (nSPS) is 11.3. The Morgan fingerprint density at radius 2 is 2.08 bits per heavy atom. The summed E-state index contributed by atoms with van der Waals surface area (Å²) >= 11 is 1.71. The van der Waals surface area contributed by atoms with E-state index in [4.69, 9.17) is 0 Å². The second-order valence-corrected chi connectivity index (χ2v) is 3.00. The van der Waals surface area contributed by atoms with Gasteiger partial charge in [-0.15, -0.1) is 13.2 Å². The van der Waals surface area contributed by atoms with Crippen LogP contribution in [0.15, 0.2) is 18.3 Å². The van der Waals surface area contributed by atoms with Crippen LogP contribution in [-0.2, 0) is 0 Å². The van der Waals surface area contributed by atoms with Gasteiger partial charge in [0.15, 0.2) is 0 Å². The highest BCUT2D eigenvalue weighted by Gasteiger charge is 2.32. The Hall–Kier alpha value is -0.530. The molecule has 0 saturated carbocycles. The average molecular weight is 289 g/mol. The van der Waals surface area contributed by atoms with Crippen LogP contribution < -0.4 is 4.74 Å². The summed E-state index contributed by atoms with van der Waals surface area (Å²) in [4.78, 5) is 3.41. The first-order valence-electron chi connectivity index (χ1n) is 2.85. The Kier molecular flexibility index (Phi) is 2.76. The fourth-order valence-corrected chi connectivity index (χ4v) is 1.01. The summed E-state index contributed by atoms with van der Waals surface area (Å²) in [5.41, 5.74) is 0. The van der Waals surface area contributed by atoms with E-state index >= 15 is 0 Å². The maximum Gasteiger partial charge on any atom is 0.574 e. The van der Waals surface area contributed by atoms with Crippen molar-refractivity contribution in [3.05, 3.63) is 21.9 Å². The third-order valence-corrected chi connectivity index (χ3v) is 1.76. The van der Waals surface area contributed by atoms with Crippen molar-refractivity contribution < 1.29 is 17.9 Å². The third kappa shape index (κ3) is 2.84. The van der Waals surface area contributed by atoms with Crippen LogP contribution in [0.4, 0.5) is 13.2 Å². The van der Waals surface area contributed by atoms with Gasteiger partial charge < -0.3 is 4.74 Å². The molecule has 1 heterocycles. The van der Waals surface area contributed by atoms with E-state index in [1.165, 1.54) is 18.3 Å². The van der Waals surface area contributed by atoms with Crippen LogP contribution in [0, 0.1) is 3.57 Å². The molecule has 0 spiro atoms. The van der Waals surface area contributed by atoms with Gasteiger partial charge in [-0.1, -0.05) is 0 Å². The summed E-state index contributed by atoms with van der Waals surface area (Å²) < 4.78 is 38.9. The van der Waals surface area contributed by atoms with Gasteiger partial charge in [-0.3, -0.25) is 0 Å². The lowest BCUT2D eigenvalue weighted by molar-refractivity contribution is -0.276. The van der Waals surface area contributed by atoms with Crippen LogP contribution >= 0.6 is 22.6 Å². The molecule has 0 aliphatic heterocycles. The zero-order valence-corrected chi connectivity index (χ0v) is 7.76. The molecule has 0 N–H and O–H groups in total. The van der Waals surface area contributed by atoms with Crippen LogP contribution in [0.25, 0.3) is 0 Å². The smallest absolute Gasteiger partial charge is 0.387 e. The van der Waals surface area contributed by atoms with E-state index in [2.05, 4.69) is 9.72 Å². The first-order chi connectivity index (χ1) is 5.49. The maximum atomic E-state index is 11.7. The summed E-state index contributed by atoms with van der Waals surface area (Å²) in [6.07, 6.45) is -3.43. The number of hydrogen-bond acceptors (Lipinski definition) is 2. The standard InChI is InChI=1S/C6H3F3INO/c7-6(8,9)12-5-4(10)2-1-3-11-5/h1-3H. The van der Waals surface area contributed by atoms with Crippen molar-refractivity contribution in [1.29, 1.82) is 0 Å². The Bertz CT molecular complexity index is 276. The Morgan fingerprint density at radius 1 is 1.42 bits per heavy atom. The fraction of sp³-hybridized carbons (Fsp3) is 0.167. The highest BCUT2D eigenvalue weighted by molar-refractivity contribution is 14.1. The largest absolute Gasteiger partial charge is 0.574 e. The van der Waals surface area contributed by atoms with Crippen molar-refractivity contribution in [3.8, 4) is 5.88 Å². The quantitative estimate of drug-likeness (QED) is 0.741. The predicted molar refractivity (Wildman–Crippen MR) is 43.6 cm³/mol. The SMILES string of the molecule is FC(F)(F)Oc1ncccc1I. The van der Waals surface area contributed by atoms with Crippen molar-refractivity contribution in [1.82, 2.24) is 4.98 Å². The average Bonchev–Trinajstić information content (AvgIpc) is 1.91. The summed E-state index contributed by atoms with van der Waals surface area (Å²) in [5, 5.41) is 0. The number of aromatic nitrogens is 1. The zero-order valence-electron chi connectivity index (χ0n) is 5.60. The van der Waals surface area contributed by atoms with Gasteiger partial charge in [-0.2, -0.15) is 0 Å². The minimum atomic E-state index is -4.67. The fourth-order valence-electron chi connectivity index (χ4n) is 0.556. The summed E-state index contributed by atoms with van der Waals surface area (Å²) in [7, 11) is 0. The Labute approximate surface area is 79.9 Å². The molecule has 0 radical (unpaired) electrons. The number of rotatable bonds is 1. The number of pyridine rings is 1. The van der Waals surface area contributed by atoms with E-state index in [0.29, 0.717) is 3.57 Å². The molecule has 12 heavy (non-hydrogen) atoms. The van der Waals surface area contributed by atoms with Crippen LogP contribution in [0.3, 0.4) is 0 Å². The summed E-state index contributed by atoms with van der Waals surface area (Å²) in [6.45, 7) is 0. The van der Waals surface area contributed by atoms with Crippen molar-refractivity contribution in [2.24, 2.45) is 0 Å². The lowest BCUT2D eigenvalue weighted by Gasteiger charge is -2.08. The predicted octanol–water partition coefficient (Wildman–Crippen LogP) is 2.58. The van der Waals surface area contributed by atoms with Crippen LogP contribution in [0.1, 0.15) is 0 Å². The molecule has 0 amide bonds. The van der Waals surface area contributed by atoms with Gasteiger partial charge in [0.25, 0.3) is 0 Å². The topological polar surface area (TPSA) is 22.1 Å². The highest BCUT2D eigenvalue weighted by atomic mass is 127. The first-order valence-corrected chi connectivity index (χ1v) is 3.93. The van der Waals surface area contributed by atoms with Gasteiger partial charge in [0.1, 0.15) is 0 Å². The molecule has 0 saturated heterocycles. The molecule has 0 fully saturated rings. The number of alkyl halides is 3. The highest BCUT2D eigenvalue weighted by Crippen LogP contribution is 2.24. The lowest BCUT2D eigenvalue weighted by Crippen LogP contribution is -2.18. The molecular weight excluding hydrogens is 286 g/mol. The van der Waals surface area contributed by atoms with Crippen LogP contribution in [0.2, 0.25) is 0 Å². The van der Waals surface area contributed by atoms with Crippen LogP contribution in [-0.4, -0.2) is 11.3 Å². The molecule has 2 nitrogen and oxygen atoms in total. The van der Waals surface area contributed by atoms with E-state index in [1.54, 1.807) is 22.6 Å². The molecule has 0 aromatic carbocycles. The van der Waals surface area contributed by atoms with Gasteiger partial charge in [-0.25, -0.2) is 4.98 Å². The van der Waals surface area contributed by atoms with E-state index in [0.717, 1.165) is 0 Å². The monoisotopic (exact) mass is 289 g/mol. The number of ether oxygens (including phenoxy) is 1. The first kappa shape index (κ1) is 9.56. The Morgan fingerprint density at radius 3 is 2.58 bits per heavy atom. The van der Waals surface area contributed by atoms with Gasteiger partial charge >= 0.3 is 6.36 Å². The zero-order chi connectivity index (χ0) is 9.19. The summed E-state index contributed by atoms with van der Waals surface area (Å²) in [6, 6.07) is 3.01. The maximum absolute atomic E-state index is 11.7. The van der Waals surface area contributed by atoms with Gasteiger partial charge in [-0.05, 0) is 34.7 Å². The third-order valence-electron chi connectivity index (χ3n) is 0.937. The Balaban J connectivity index is 2.83. The van der Waals surface area contributed by atoms with E-state index in [1.807, 2.05) is 0 Å². The molecular formula is C6H3F3INO.